The van der Waals surface area contributed by atoms with Crippen LogP contribution in [0.3, 0.4) is 0 Å². The molecule has 0 aliphatic carbocycles. The molecule has 98 valence electrons. The van der Waals surface area contributed by atoms with Gasteiger partial charge < -0.3 is 5.11 Å². The lowest BCUT2D eigenvalue weighted by molar-refractivity contribution is 0.101. The van der Waals surface area contributed by atoms with E-state index in [1.807, 2.05) is 11.6 Å². The molecule has 1 unspecified atom stereocenters. The zero-order chi connectivity index (χ0) is 13.0. The van der Waals surface area contributed by atoms with Crippen LogP contribution in [0.4, 0.5) is 0 Å². The molecule has 0 bridgehead atoms. The first-order valence-corrected chi connectivity index (χ1v) is 7.24. The van der Waals surface area contributed by atoms with Gasteiger partial charge in [0.05, 0.1) is 22.0 Å². The standard InChI is InChI=1S/C13H23BrN2O/c1-5-10(6-2)12(17)8-11-13(14)9(4)15-16(11)7-3/h10,12,17H,5-8H2,1-4H3. The number of aliphatic hydroxyl groups excluding tert-OH is 1. The van der Waals surface area contributed by atoms with Crippen molar-refractivity contribution in [3.63, 3.8) is 0 Å². The number of aliphatic hydroxyl groups is 1. The summed E-state index contributed by atoms with van der Waals surface area (Å²) in [5, 5.41) is 14.7. The maximum absolute atomic E-state index is 10.3. The monoisotopic (exact) mass is 302 g/mol. The van der Waals surface area contributed by atoms with Crippen molar-refractivity contribution in [1.29, 1.82) is 0 Å². The molecule has 1 atom stereocenters. The highest BCUT2D eigenvalue weighted by Crippen LogP contribution is 2.25. The fourth-order valence-corrected chi connectivity index (χ4v) is 2.71. The average molecular weight is 303 g/mol. The van der Waals surface area contributed by atoms with Gasteiger partial charge in [-0.25, -0.2) is 0 Å². The average Bonchev–Trinajstić information content (AvgIpc) is 2.58. The number of aromatic nitrogens is 2. The Morgan fingerprint density at radius 3 is 2.35 bits per heavy atom. The highest BCUT2D eigenvalue weighted by Gasteiger charge is 2.20. The van der Waals surface area contributed by atoms with Crippen molar-refractivity contribution in [2.24, 2.45) is 5.92 Å². The van der Waals surface area contributed by atoms with E-state index in [-0.39, 0.29) is 6.10 Å². The van der Waals surface area contributed by atoms with Gasteiger partial charge >= 0.3 is 0 Å². The van der Waals surface area contributed by atoms with Crippen LogP contribution in [-0.4, -0.2) is 21.0 Å². The molecule has 0 fully saturated rings. The second-order valence-corrected chi connectivity index (χ2v) is 5.30. The second-order valence-electron chi connectivity index (χ2n) is 4.51. The minimum absolute atomic E-state index is 0.275. The lowest BCUT2D eigenvalue weighted by Crippen LogP contribution is -2.23. The van der Waals surface area contributed by atoms with Crippen molar-refractivity contribution in [3.8, 4) is 0 Å². The van der Waals surface area contributed by atoms with Crippen LogP contribution in [0.25, 0.3) is 0 Å². The van der Waals surface area contributed by atoms with Gasteiger partial charge in [0.15, 0.2) is 0 Å². The van der Waals surface area contributed by atoms with Gasteiger partial charge in [0.2, 0.25) is 0 Å². The molecule has 3 nitrogen and oxygen atoms in total. The smallest absolute Gasteiger partial charge is 0.0738 e. The third-order valence-corrected chi connectivity index (χ3v) is 4.48. The van der Waals surface area contributed by atoms with Crippen LogP contribution in [0.5, 0.6) is 0 Å². The highest BCUT2D eigenvalue weighted by molar-refractivity contribution is 9.10. The number of halogens is 1. The molecule has 1 heterocycles. The molecule has 1 aromatic rings. The third kappa shape index (κ3) is 3.32. The van der Waals surface area contributed by atoms with Crippen LogP contribution >= 0.6 is 15.9 Å². The van der Waals surface area contributed by atoms with Crippen molar-refractivity contribution in [1.82, 2.24) is 9.78 Å². The summed E-state index contributed by atoms with van der Waals surface area (Å²) in [6.07, 6.45) is 2.45. The van der Waals surface area contributed by atoms with Crippen molar-refractivity contribution in [3.05, 3.63) is 15.9 Å². The summed E-state index contributed by atoms with van der Waals surface area (Å²) >= 11 is 3.57. The van der Waals surface area contributed by atoms with Crippen LogP contribution in [0.2, 0.25) is 0 Å². The molecule has 1 aromatic heterocycles. The Bertz CT molecular complexity index is 359. The van der Waals surface area contributed by atoms with E-state index >= 15 is 0 Å². The summed E-state index contributed by atoms with van der Waals surface area (Å²) in [6, 6.07) is 0. The molecular formula is C13H23BrN2O. The number of hydrogen-bond acceptors (Lipinski definition) is 2. The third-order valence-electron chi connectivity index (χ3n) is 3.45. The number of nitrogens with zero attached hydrogens (tertiary/aromatic N) is 2. The van der Waals surface area contributed by atoms with Crippen LogP contribution in [0.15, 0.2) is 4.47 Å². The Labute approximate surface area is 112 Å². The number of aryl methyl sites for hydroxylation is 2. The summed E-state index contributed by atoms with van der Waals surface area (Å²) in [6.45, 7) is 9.18. The fraction of sp³-hybridized carbons (Fsp3) is 0.769. The molecule has 1 N–H and O–H groups in total. The van der Waals surface area contributed by atoms with E-state index < -0.39 is 0 Å². The quantitative estimate of drug-likeness (QED) is 0.875. The number of hydrogen-bond donors (Lipinski definition) is 1. The molecule has 0 saturated carbocycles. The summed E-state index contributed by atoms with van der Waals surface area (Å²) in [4.78, 5) is 0. The molecule has 0 radical (unpaired) electrons. The highest BCUT2D eigenvalue weighted by atomic mass is 79.9. The Hall–Kier alpha value is -0.350. The lowest BCUT2D eigenvalue weighted by Gasteiger charge is -2.20. The van der Waals surface area contributed by atoms with Crippen molar-refractivity contribution in [2.45, 2.75) is 59.6 Å². The number of rotatable bonds is 6. The molecule has 0 aliphatic rings. The zero-order valence-electron chi connectivity index (χ0n) is 11.2. The maximum Gasteiger partial charge on any atom is 0.0738 e. The molecular weight excluding hydrogens is 280 g/mol. The first kappa shape index (κ1) is 14.7. The normalized spacial score (nSPS) is 13.4. The van der Waals surface area contributed by atoms with Gasteiger partial charge in [-0.15, -0.1) is 0 Å². The van der Waals surface area contributed by atoms with Crippen molar-refractivity contribution in [2.75, 3.05) is 0 Å². The molecule has 0 saturated heterocycles. The predicted octanol–water partition coefficient (Wildman–Crippen LogP) is 3.31. The maximum atomic E-state index is 10.3. The molecule has 0 spiro atoms. The Balaban J connectivity index is 2.86. The van der Waals surface area contributed by atoms with E-state index in [9.17, 15) is 5.11 Å². The van der Waals surface area contributed by atoms with Crippen LogP contribution in [0, 0.1) is 12.8 Å². The zero-order valence-corrected chi connectivity index (χ0v) is 12.8. The van der Waals surface area contributed by atoms with Crippen LogP contribution in [0.1, 0.15) is 45.0 Å². The van der Waals surface area contributed by atoms with Crippen LogP contribution < -0.4 is 0 Å². The Morgan fingerprint density at radius 2 is 1.88 bits per heavy atom. The van der Waals surface area contributed by atoms with E-state index in [0.717, 1.165) is 35.2 Å². The lowest BCUT2D eigenvalue weighted by atomic mass is 9.93. The molecule has 1 rings (SSSR count). The van der Waals surface area contributed by atoms with Crippen LogP contribution in [-0.2, 0) is 13.0 Å². The predicted molar refractivity (Wildman–Crippen MR) is 74.1 cm³/mol. The van der Waals surface area contributed by atoms with Gasteiger partial charge in [-0.1, -0.05) is 26.7 Å². The second kappa shape index (κ2) is 6.55. The van der Waals surface area contributed by atoms with Gasteiger partial charge in [0.1, 0.15) is 0 Å². The summed E-state index contributed by atoms with van der Waals surface area (Å²) < 4.78 is 3.02. The first-order chi connectivity index (χ1) is 8.04. The van der Waals surface area contributed by atoms with E-state index in [2.05, 4.69) is 41.8 Å². The van der Waals surface area contributed by atoms with Crippen molar-refractivity contribution >= 4 is 15.9 Å². The fourth-order valence-electron chi connectivity index (χ4n) is 2.26. The van der Waals surface area contributed by atoms with E-state index in [1.54, 1.807) is 0 Å². The van der Waals surface area contributed by atoms with Gasteiger partial charge in [0, 0.05) is 13.0 Å². The SMILES string of the molecule is CCC(CC)C(O)Cc1c(Br)c(C)nn1CC. The van der Waals surface area contributed by atoms with E-state index in [1.165, 1.54) is 0 Å². The van der Waals surface area contributed by atoms with Gasteiger partial charge in [-0.3, -0.25) is 4.68 Å². The van der Waals surface area contributed by atoms with Gasteiger partial charge in [0.25, 0.3) is 0 Å². The molecule has 4 heteroatoms. The minimum atomic E-state index is -0.275. The van der Waals surface area contributed by atoms with E-state index in [4.69, 9.17) is 0 Å². The van der Waals surface area contributed by atoms with Gasteiger partial charge in [-0.2, -0.15) is 5.10 Å². The molecule has 0 amide bonds. The van der Waals surface area contributed by atoms with Crippen molar-refractivity contribution < 1.29 is 5.11 Å². The molecule has 17 heavy (non-hydrogen) atoms. The molecule has 0 aromatic carbocycles. The largest absolute Gasteiger partial charge is 0.392 e. The molecule has 0 aliphatic heterocycles. The van der Waals surface area contributed by atoms with E-state index in [0.29, 0.717) is 12.3 Å². The Morgan fingerprint density at radius 1 is 1.29 bits per heavy atom. The summed E-state index contributed by atoms with van der Waals surface area (Å²) in [5.41, 5.74) is 2.11. The van der Waals surface area contributed by atoms with Gasteiger partial charge in [-0.05, 0) is 35.7 Å². The topological polar surface area (TPSA) is 38.1 Å². The Kier molecular flexibility index (Phi) is 5.67. The minimum Gasteiger partial charge on any atom is -0.392 e. The summed E-state index contributed by atoms with van der Waals surface area (Å²) in [5.74, 6) is 0.377. The summed E-state index contributed by atoms with van der Waals surface area (Å²) in [7, 11) is 0. The first-order valence-electron chi connectivity index (χ1n) is 6.44.